The van der Waals surface area contributed by atoms with E-state index in [1.807, 2.05) is 55.5 Å². The lowest BCUT2D eigenvalue weighted by Crippen LogP contribution is -2.44. The minimum atomic E-state index is -1.02. The van der Waals surface area contributed by atoms with Gasteiger partial charge < -0.3 is 10.2 Å². The summed E-state index contributed by atoms with van der Waals surface area (Å²) >= 11 is 0. The number of nitrogens with zero attached hydrogens (tertiary/aromatic N) is 2. The summed E-state index contributed by atoms with van der Waals surface area (Å²) in [5.41, 5.74) is 3.04. The van der Waals surface area contributed by atoms with Crippen molar-refractivity contribution in [2.45, 2.75) is 31.8 Å². The zero-order valence-electron chi connectivity index (χ0n) is 16.1. The van der Waals surface area contributed by atoms with Crippen LogP contribution < -0.4 is 5.32 Å². The number of hydrogen-bond acceptors (Lipinski definition) is 3. The molecule has 2 aliphatic rings. The molecule has 1 fully saturated rings. The molecule has 1 unspecified atom stereocenters. The predicted octanol–water partition coefficient (Wildman–Crippen LogP) is 2.35. The lowest BCUT2D eigenvalue weighted by molar-refractivity contribution is -0.138. The highest BCUT2D eigenvalue weighted by atomic mass is 16.2. The molecule has 6 heteroatoms. The van der Waals surface area contributed by atoms with Gasteiger partial charge in [-0.2, -0.15) is 0 Å². The first-order valence-corrected chi connectivity index (χ1v) is 9.43. The lowest BCUT2D eigenvalue weighted by atomic mass is 9.92. The van der Waals surface area contributed by atoms with Crippen molar-refractivity contribution in [1.29, 1.82) is 0 Å². The molecule has 6 nitrogen and oxygen atoms in total. The molecule has 1 atom stereocenters. The van der Waals surface area contributed by atoms with Crippen LogP contribution in [0.5, 0.6) is 0 Å². The van der Waals surface area contributed by atoms with E-state index in [1.54, 1.807) is 11.9 Å². The van der Waals surface area contributed by atoms with Gasteiger partial charge in [0.2, 0.25) is 5.91 Å². The molecule has 1 aliphatic heterocycles. The fraction of sp³-hybridized carbons (Fsp3) is 0.318. The average Bonchev–Trinajstić information content (AvgIpc) is 3.17. The molecule has 0 saturated carbocycles. The van der Waals surface area contributed by atoms with Crippen LogP contribution in [-0.4, -0.2) is 41.2 Å². The maximum Gasteiger partial charge on any atom is 0.325 e. The molecule has 28 heavy (non-hydrogen) atoms. The third kappa shape index (κ3) is 2.95. The van der Waals surface area contributed by atoms with Crippen LogP contribution in [0.1, 0.15) is 28.7 Å². The number of urea groups is 1. The fourth-order valence-electron chi connectivity index (χ4n) is 4.04. The first-order chi connectivity index (χ1) is 13.4. The Bertz CT molecular complexity index is 954. The van der Waals surface area contributed by atoms with Gasteiger partial charge >= 0.3 is 6.03 Å². The molecule has 4 amide bonds. The van der Waals surface area contributed by atoms with Crippen molar-refractivity contribution >= 4 is 17.8 Å². The van der Waals surface area contributed by atoms with Crippen LogP contribution in [0.15, 0.2) is 48.5 Å². The smallest absolute Gasteiger partial charge is 0.325 e. The van der Waals surface area contributed by atoms with Gasteiger partial charge in [0.15, 0.2) is 0 Å². The standard InChI is InChI=1S/C22H23N3O3/c1-15-7-9-16(10-8-15)13-24(2)19(26)14-25-20(27)22(23-21(25)28)12-11-17-5-3-4-6-18(17)22/h3-10H,11-14H2,1-2H3,(H,23,28). The van der Waals surface area contributed by atoms with Gasteiger partial charge in [-0.1, -0.05) is 54.1 Å². The Morgan fingerprint density at radius 1 is 1.14 bits per heavy atom. The highest BCUT2D eigenvalue weighted by molar-refractivity contribution is 6.09. The normalized spacial score (nSPS) is 20.4. The van der Waals surface area contributed by atoms with Gasteiger partial charge in [-0.25, -0.2) is 4.79 Å². The minimum absolute atomic E-state index is 0.253. The first kappa shape index (κ1) is 18.2. The number of fused-ring (bicyclic) bond motifs is 2. The third-order valence-corrected chi connectivity index (χ3v) is 5.68. The van der Waals surface area contributed by atoms with Crippen molar-refractivity contribution in [3.05, 3.63) is 70.8 Å². The van der Waals surface area contributed by atoms with Crippen LogP contribution in [0.2, 0.25) is 0 Å². The summed E-state index contributed by atoms with van der Waals surface area (Å²) in [6.45, 7) is 2.18. The second-order valence-electron chi connectivity index (χ2n) is 7.62. The third-order valence-electron chi connectivity index (χ3n) is 5.68. The van der Waals surface area contributed by atoms with E-state index in [2.05, 4.69) is 5.32 Å². The number of carbonyl (C=O) groups excluding carboxylic acids is 3. The predicted molar refractivity (Wildman–Crippen MR) is 104 cm³/mol. The van der Waals surface area contributed by atoms with Crippen LogP contribution in [0.3, 0.4) is 0 Å². The zero-order valence-corrected chi connectivity index (χ0v) is 16.1. The number of likely N-dealkylation sites (N-methyl/N-ethyl adjacent to an activating group) is 1. The minimum Gasteiger partial charge on any atom is -0.340 e. The van der Waals surface area contributed by atoms with E-state index < -0.39 is 11.6 Å². The van der Waals surface area contributed by atoms with Gasteiger partial charge in [-0.15, -0.1) is 0 Å². The number of imide groups is 1. The van der Waals surface area contributed by atoms with E-state index in [1.165, 1.54) is 0 Å². The second-order valence-corrected chi connectivity index (χ2v) is 7.62. The van der Waals surface area contributed by atoms with Crippen molar-refractivity contribution in [3.8, 4) is 0 Å². The van der Waals surface area contributed by atoms with Crippen molar-refractivity contribution in [3.63, 3.8) is 0 Å². The molecule has 1 saturated heterocycles. The number of aryl methyl sites for hydroxylation is 2. The molecule has 4 rings (SSSR count). The molecular formula is C22H23N3O3. The van der Waals surface area contributed by atoms with Gasteiger partial charge in [0.25, 0.3) is 5.91 Å². The summed E-state index contributed by atoms with van der Waals surface area (Å²) in [6.07, 6.45) is 1.26. The molecule has 0 aromatic heterocycles. The lowest BCUT2D eigenvalue weighted by Gasteiger charge is -2.23. The van der Waals surface area contributed by atoms with Crippen LogP contribution in [-0.2, 0) is 28.1 Å². The largest absolute Gasteiger partial charge is 0.340 e. The van der Waals surface area contributed by atoms with E-state index >= 15 is 0 Å². The monoisotopic (exact) mass is 377 g/mol. The Morgan fingerprint density at radius 3 is 2.61 bits per heavy atom. The molecule has 2 aromatic rings. The van der Waals surface area contributed by atoms with E-state index in [4.69, 9.17) is 0 Å². The molecule has 2 aromatic carbocycles. The van der Waals surface area contributed by atoms with E-state index in [0.717, 1.165) is 33.6 Å². The van der Waals surface area contributed by atoms with E-state index in [9.17, 15) is 14.4 Å². The Kier molecular flexibility index (Phi) is 4.41. The molecule has 0 bridgehead atoms. The average molecular weight is 377 g/mol. The van der Waals surface area contributed by atoms with Gasteiger partial charge in [0.05, 0.1) is 0 Å². The molecule has 1 heterocycles. The fourth-order valence-corrected chi connectivity index (χ4v) is 4.04. The van der Waals surface area contributed by atoms with Crippen molar-refractivity contribution in [2.75, 3.05) is 13.6 Å². The summed E-state index contributed by atoms with van der Waals surface area (Å²) in [6, 6.07) is 15.1. The SMILES string of the molecule is Cc1ccc(CN(C)C(=O)CN2C(=O)NC3(CCc4ccccc43)C2=O)cc1. The van der Waals surface area contributed by atoms with Crippen LogP contribution in [0.4, 0.5) is 4.79 Å². The summed E-state index contributed by atoms with van der Waals surface area (Å²) in [4.78, 5) is 40.9. The second kappa shape index (κ2) is 6.78. The molecule has 1 aliphatic carbocycles. The highest BCUT2D eigenvalue weighted by Crippen LogP contribution is 2.41. The van der Waals surface area contributed by atoms with Gasteiger partial charge in [0.1, 0.15) is 12.1 Å². The van der Waals surface area contributed by atoms with Crippen LogP contribution >= 0.6 is 0 Å². The van der Waals surface area contributed by atoms with Gasteiger partial charge in [-0.05, 0) is 36.5 Å². The maximum absolute atomic E-state index is 13.1. The number of carbonyl (C=O) groups is 3. The van der Waals surface area contributed by atoms with Crippen LogP contribution in [0.25, 0.3) is 0 Å². The number of amides is 4. The molecule has 0 radical (unpaired) electrons. The Morgan fingerprint density at radius 2 is 1.86 bits per heavy atom. The molecule has 1 spiro atoms. The summed E-state index contributed by atoms with van der Waals surface area (Å²) in [7, 11) is 1.68. The van der Waals surface area contributed by atoms with Crippen molar-refractivity contribution < 1.29 is 14.4 Å². The van der Waals surface area contributed by atoms with Crippen molar-refractivity contribution in [1.82, 2.24) is 15.1 Å². The van der Waals surface area contributed by atoms with E-state index in [0.29, 0.717) is 13.0 Å². The zero-order chi connectivity index (χ0) is 19.9. The maximum atomic E-state index is 13.1. The van der Waals surface area contributed by atoms with E-state index in [-0.39, 0.29) is 18.4 Å². The summed E-state index contributed by atoms with van der Waals surface area (Å²) in [5, 5.41) is 2.85. The molecule has 144 valence electrons. The van der Waals surface area contributed by atoms with Gasteiger partial charge in [0, 0.05) is 13.6 Å². The van der Waals surface area contributed by atoms with Crippen LogP contribution in [0, 0.1) is 6.92 Å². The highest BCUT2D eigenvalue weighted by Gasteiger charge is 2.55. The Labute approximate surface area is 164 Å². The number of nitrogens with one attached hydrogen (secondary N) is 1. The van der Waals surface area contributed by atoms with Gasteiger partial charge in [-0.3, -0.25) is 14.5 Å². The Hall–Kier alpha value is -3.15. The quantitative estimate of drug-likeness (QED) is 0.832. The van der Waals surface area contributed by atoms with Crippen molar-refractivity contribution in [2.24, 2.45) is 0 Å². The summed E-state index contributed by atoms with van der Waals surface area (Å²) in [5.74, 6) is -0.605. The summed E-state index contributed by atoms with van der Waals surface area (Å²) < 4.78 is 0. The number of benzene rings is 2. The number of rotatable bonds is 4. The topological polar surface area (TPSA) is 69.7 Å². The number of hydrogen-bond donors (Lipinski definition) is 1. The molecular weight excluding hydrogens is 354 g/mol. The first-order valence-electron chi connectivity index (χ1n) is 9.43. The Balaban J connectivity index is 1.48. The molecule has 1 N–H and O–H groups in total.